The number of likely N-dealkylation sites (tertiary alicyclic amines) is 2. The van der Waals surface area contributed by atoms with E-state index in [1.165, 1.54) is 6.07 Å². The van der Waals surface area contributed by atoms with Crippen molar-refractivity contribution in [3.63, 3.8) is 0 Å². The maximum absolute atomic E-state index is 13.8. The van der Waals surface area contributed by atoms with E-state index in [0.29, 0.717) is 18.8 Å². The average molecular weight is 349 g/mol. The molecule has 6 heteroatoms. The Labute approximate surface area is 148 Å². The molecule has 1 aromatic heterocycles. The van der Waals surface area contributed by atoms with E-state index in [1.54, 1.807) is 19.2 Å². The molecule has 1 amide bonds. The Morgan fingerprint density at radius 3 is 2.68 bits per heavy atom. The van der Waals surface area contributed by atoms with Crippen LogP contribution in [0.3, 0.4) is 0 Å². The highest BCUT2D eigenvalue weighted by atomic mass is 19.1. The van der Waals surface area contributed by atoms with Crippen molar-refractivity contribution in [2.45, 2.75) is 58.2 Å². The van der Waals surface area contributed by atoms with Gasteiger partial charge < -0.3 is 10.0 Å². The molecule has 1 atom stereocenters. The predicted molar refractivity (Wildman–Crippen MR) is 93.2 cm³/mol. The molecule has 0 unspecified atom stereocenters. The molecule has 1 aromatic rings. The van der Waals surface area contributed by atoms with Gasteiger partial charge in [-0.15, -0.1) is 0 Å². The van der Waals surface area contributed by atoms with Gasteiger partial charge in [-0.3, -0.25) is 14.7 Å². The third-order valence-corrected chi connectivity index (χ3v) is 6.14. The van der Waals surface area contributed by atoms with E-state index in [2.05, 4.69) is 9.88 Å². The van der Waals surface area contributed by atoms with E-state index in [4.69, 9.17) is 0 Å². The van der Waals surface area contributed by atoms with Gasteiger partial charge in [-0.1, -0.05) is 0 Å². The maximum Gasteiger partial charge on any atom is 0.219 e. The molecule has 2 aliphatic heterocycles. The second-order valence-electron chi connectivity index (χ2n) is 8.19. The first-order chi connectivity index (χ1) is 11.7. The first-order valence-corrected chi connectivity index (χ1v) is 9.02. The summed E-state index contributed by atoms with van der Waals surface area (Å²) in [6, 6.07) is 3.05. The molecule has 3 heterocycles. The fourth-order valence-electron chi connectivity index (χ4n) is 4.25. The van der Waals surface area contributed by atoms with Crippen LogP contribution in [0.1, 0.15) is 45.7 Å². The fourth-order valence-corrected chi connectivity index (χ4v) is 4.25. The van der Waals surface area contributed by atoms with Gasteiger partial charge in [-0.05, 0) is 63.7 Å². The number of hydrogen-bond acceptors (Lipinski definition) is 4. The normalized spacial score (nSPS) is 26.0. The number of amides is 1. The third-order valence-electron chi connectivity index (χ3n) is 6.14. The number of pyridine rings is 1. The minimum Gasteiger partial charge on any atom is -0.391 e. The molecule has 2 saturated heterocycles. The van der Waals surface area contributed by atoms with Crippen LogP contribution >= 0.6 is 0 Å². The van der Waals surface area contributed by atoms with Gasteiger partial charge in [0.1, 0.15) is 5.82 Å². The van der Waals surface area contributed by atoms with E-state index in [1.807, 2.05) is 18.7 Å². The van der Waals surface area contributed by atoms with E-state index < -0.39 is 11.6 Å². The zero-order valence-corrected chi connectivity index (χ0v) is 15.3. The standard InChI is InChI=1S/C19H28FN3O2/c1-14(24)23-13-19(11-17(25)18(23,2)3)6-9-22(10-7-19)12-16-15(20)5-4-8-21-16/h4-5,8,17,25H,6-7,9-13H2,1-3H3/t17-/m1/s1. The number of halogens is 1. The van der Waals surface area contributed by atoms with Crippen molar-refractivity contribution in [2.24, 2.45) is 5.41 Å². The lowest BCUT2D eigenvalue weighted by Gasteiger charge is -2.55. The Kier molecular flexibility index (Phi) is 4.86. The van der Waals surface area contributed by atoms with Crippen molar-refractivity contribution in [1.29, 1.82) is 0 Å². The van der Waals surface area contributed by atoms with Crippen LogP contribution in [-0.4, -0.2) is 57.1 Å². The highest BCUT2D eigenvalue weighted by Gasteiger charge is 2.50. The Morgan fingerprint density at radius 1 is 1.40 bits per heavy atom. The highest BCUT2D eigenvalue weighted by molar-refractivity contribution is 5.74. The van der Waals surface area contributed by atoms with Crippen molar-refractivity contribution in [2.75, 3.05) is 19.6 Å². The van der Waals surface area contributed by atoms with Crippen LogP contribution in [0.25, 0.3) is 0 Å². The van der Waals surface area contributed by atoms with Crippen LogP contribution in [0, 0.1) is 11.2 Å². The van der Waals surface area contributed by atoms with Crippen molar-refractivity contribution < 1.29 is 14.3 Å². The summed E-state index contributed by atoms with van der Waals surface area (Å²) >= 11 is 0. The SMILES string of the molecule is CC(=O)N1CC2(CCN(Cc3ncccc3F)CC2)C[C@@H](O)C1(C)C. The molecule has 0 aliphatic carbocycles. The van der Waals surface area contributed by atoms with E-state index >= 15 is 0 Å². The van der Waals surface area contributed by atoms with Crippen molar-refractivity contribution in [3.05, 3.63) is 29.8 Å². The average Bonchev–Trinajstić information content (AvgIpc) is 2.55. The second-order valence-corrected chi connectivity index (χ2v) is 8.19. The number of hydrogen-bond donors (Lipinski definition) is 1. The van der Waals surface area contributed by atoms with Gasteiger partial charge in [-0.25, -0.2) is 4.39 Å². The maximum atomic E-state index is 13.8. The molecule has 2 fully saturated rings. The molecule has 0 aromatic carbocycles. The number of carbonyl (C=O) groups excluding carboxylic acids is 1. The molecule has 1 spiro atoms. The van der Waals surface area contributed by atoms with Crippen molar-refractivity contribution >= 4 is 5.91 Å². The summed E-state index contributed by atoms with van der Waals surface area (Å²) in [5.74, 6) is -0.249. The second kappa shape index (κ2) is 6.65. The quantitative estimate of drug-likeness (QED) is 0.889. The van der Waals surface area contributed by atoms with Gasteiger partial charge in [0.25, 0.3) is 0 Å². The first kappa shape index (κ1) is 18.3. The minimum atomic E-state index is -0.523. The summed E-state index contributed by atoms with van der Waals surface area (Å²) in [6.45, 7) is 8.30. The Hall–Kier alpha value is -1.53. The largest absolute Gasteiger partial charge is 0.391 e. The van der Waals surface area contributed by atoms with E-state index in [9.17, 15) is 14.3 Å². The number of aromatic nitrogens is 1. The molecule has 5 nitrogen and oxygen atoms in total. The Balaban J connectivity index is 1.67. The lowest BCUT2D eigenvalue weighted by Crippen LogP contribution is -2.64. The topological polar surface area (TPSA) is 56.7 Å². The summed E-state index contributed by atoms with van der Waals surface area (Å²) in [6.07, 6.45) is 3.62. The molecule has 138 valence electrons. The summed E-state index contributed by atoms with van der Waals surface area (Å²) in [7, 11) is 0. The molecular formula is C19H28FN3O2. The van der Waals surface area contributed by atoms with Crippen molar-refractivity contribution in [3.8, 4) is 0 Å². The molecule has 0 radical (unpaired) electrons. The molecule has 1 N–H and O–H groups in total. The van der Waals surface area contributed by atoms with Gasteiger partial charge in [0.2, 0.25) is 5.91 Å². The van der Waals surface area contributed by atoms with E-state index in [-0.39, 0.29) is 17.1 Å². The molecular weight excluding hydrogens is 321 g/mol. The summed E-state index contributed by atoms with van der Waals surface area (Å²) in [5, 5.41) is 10.6. The van der Waals surface area contributed by atoms with Crippen LogP contribution in [0.2, 0.25) is 0 Å². The van der Waals surface area contributed by atoms with Gasteiger partial charge in [0.15, 0.2) is 0 Å². The molecule has 3 rings (SSSR count). The molecule has 2 aliphatic rings. The number of nitrogens with zero attached hydrogens (tertiary/aromatic N) is 3. The zero-order chi connectivity index (χ0) is 18.2. The smallest absolute Gasteiger partial charge is 0.219 e. The van der Waals surface area contributed by atoms with Crippen LogP contribution in [-0.2, 0) is 11.3 Å². The highest BCUT2D eigenvalue weighted by Crippen LogP contribution is 2.45. The van der Waals surface area contributed by atoms with Crippen LogP contribution in [0.15, 0.2) is 18.3 Å². The molecule has 0 saturated carbocycles. The van der Waals surface area contributed by atoms with Crippen molar-refractivity contribution in [1.82, 2.24) is 14.8 Å². The monoisotopic (exact) mass is 349 g/mol. The van der Waals surface area contributed by atoms with E-state index in [0.717, 1.165) is 32.4 Å². The summed E-state index contributed by atoms with van der Waals surface area (Å²) in [5.41, 5.74) is -0.0842. The predicted octanol–water partition coefficient (Wildman–Crippen LogP) is 2.19. The summed E-state index contributed by atoms with van der Waals surface area (Å²) < 4.78 is 13.8. The summed E-state index contributed by atoms with van der Waals surface area (Å²) in [4.78, 5) is 20.3. The molecule has 0 bridgehead atoms. The first-order valence-electron chi connectivity index (χ1n) is 9.02. The minimum absolute atomic E-state index is 0.0149. The number of rotatable bonds is 2. The number of aliphatic hydroxyl groups excluding tert-OH is 1. The molecule has 25 heavy (non-hydrogen) atoms. The number of carbonyl (C=O) groups is 1. The Morgan fingerprint density at radius 2 is 2.08 bits per heavy atom. The van der Waals surface area contributed by atoms with Crippen LogP contribution in [0.4, 0.5) is 4.39 Å². The number of piperidine rings is 2. The van der Waals surface area contributed by atoms with Gasteiger partial charge in [0.05, 0.1) is 17.3 Å². The number of aliphatic hydroxyl groups is 1. The lowest BCUT2D eigenvalue weighted by atomic mass is 9.67. The Bertz CT molecular complexity index is 641. The van der Waals surface area contributed by atoms with Crippen LogP contribution < -0.4 is 0 Å². The van der Waals surface area contributed by atoms with Crippen LogP contribution in [0.5, 0.6) is 0 Å². The van der Waals surface area contributed by atoms with Gasteiger partial charge in [0, 0.05) is 26.2 Å². The van der Waals surface area contributed by atoms with Gasteiger partial charge >= 0.3 is 0 Å². The zero-order valence-electron chi connectivity index (χ0n) is 15.3. The lowest BCUT2D eigenvalue weighted by molar-refractivity contribution is -0.157. The van der Waals surface area contributed by atoms with Gasteiger partial charge in [-0.2, -0.15) is 0 Å². The fraction of sp³-hybridized carbons (Fsp3) is 0.684. The third kappa shape index (κ3) is 3.55.